The largest absolute Gasteiger partial charge is 0.446 e. The molecule has 0 spiro atoms. The first-order chi connectivity index (χ1) is 4.57. The van der Waals surface area contributed by atoms with Crippen LogP contribution in [0.25, 0.3) is 0 Å². The number of ether oxygens (including phenoxy) is 1. The molecule has 0 aromatic rings. The van der Waals surface area contributed by atoms with Crippen LogP contribution in [0.5, 0.6) is 0 Å². The lowest BCUT2D eigenvalue weighted by Crippen LogP contribution is -2.16. The van der Waals surface area contributed by atoms with E-state index in [0.29, 0.717) is 6.42 Å². The lowest BCUT2D eigenvalue weighted by Gasteiger charge is -2.13. The van der Waals surface area contributed by atoms with Gasteiger partial charge in [-0.15, -0.1) is 0 Å². The molecule has 0 saturated heterocycles. The minimum Gasteiger partial charge on any atom is -0.446 e. The summed E-state index contributed by atoms with van der Waals surface area (Å²) in [4.78, 5) is 10.6. The van der Waals surface area contributed by atoms with Gasteiger partial charge in [0.2, 0.25) is 0 Å². The number of carbonyl (C=O) groups is 1. The van der Waals surface area contributed by atoms with Gasteiger partial charge in [-0.2, -0.15) is 0 Å². The summed E-state index contributed by atoms with van der Waals surface area (Å²) in [5, 5.41) is 0. The van der Waals surface area contributed by atoms with E-state index in [2.05, 4.69) is 0 Å². The van der Waals surface area contributed by atoms with E-state index in [1.165, 1.54) is 0 Å². The second-order valence-electron chi connectivity index (χ2n) is 2.44. The van der Waals surface area contributed by atoms with Crippen molar-refractivity contribution in [2.75, 3.05) is 0 Å². The topological polar surface area (TPSA) is 26.3 Å². The van der Waals surface area contributed by atoms with E-state index in [4.69, 9.17) is 16.3 Å². The normalized spacial score (nSPS) is 13.3. The van der Waals surface area contributed by atoms with Crippen molar-refractivity contribution in [1.29, 1.82) is 0 Å². The van der Waals surface area contributed by atoms with Crippen molar-refractivity contribution >= 4 is 17.6 Å². The molecule has 0 bridgehead atoms. The highest BCUT2D eigenvalue weighted by Gasteiger charge is 2.12. The van der Waals surface area contributed by atoms with E-state index in [0.717, 1.165) is 0 Å². The molecule has 0 heterocycles. The fourth-order valence-corrected chi connectivity index (χ4v) is 0.444. The smallest absolute Gasteiger partial charge is 0.306 e. The van der Waals surface area contributed by atoms with Crippen molar-refractivity contribution in [2.24, 2.45) is 5.92 Å². The van der Waals surface area contributed by atoms with E-state index in [-0.39, 0.29) is 11.9 Å². The van der Waals surface area contributed by atoms with Gasteiger partial charge in [0.15, 0.2) is 5.56 Å². The Bertz CT molecular complexity index is 112. The van der Waals surface area contributed by atoms with E-state index >= 15 is 0 Å². The summed E-state index contributed by atoms with van der Waals surface area (Å²) in [5.41, 5.74) is -0.479. The fraction of sp³-hybridized carbons (Fsp3) is 0.857. The fourth-order valence-electron chi connectivity index (χ4n) is 0.345. The molecule has 0 amide bonds. The van der Waals surface area contributed by atoms with Gasteiger partial charge in [0.1, 0.15) is 0 Å². The minimum atomic E-state index is -0.479. The van der Waals surface area contributed by atoms with Crippen LogP contribution in [0.1, 0.15) is 27.2 Å². The second kappa shape index (κ2) is 4.56. The summed E-state index contributed by atoms with van der Waals surface area (Å²) < 4.78 is 4.79. The molecule has 0 saturated carbocycles. The highest BCUT2D eigenvalue weighted by Crippen LogP contribution is 2.11. The Morgan fingerprint density at radius 3 is 2.40 bits per heavy atom. The number of hydrogen-bond donors (Lipinski definition) is 0. The predicted molar refractivity (Wildman–Crippen MR) is 40.9 cm³/mol. The maximum Gasteiger partial charge on any atom is 0.306 e. The predicted octanol–water partition coefficient (Wildman–Crippen LogP) is 2.16. The summed E-state index contributed by atoms with van der Waals surface area (Å²) in [6.45, 7) is 5.55. The van der Waals surface area contributed by atoms with Gasteiger partial charge in [0.25, 0.3) is 0 Å². The Labute approximate surface area is 66.5 Å². The van der Waals surface area contributed by atoms with Gasteiger partial charge >= 0.3 is 5.97 Å². The third-order valence-corrected chi connectivity index (χ3v) is 1.65. The van der Waals surface area contributed by atoms with E-state index in [9.17, 15) is 4.79 Å². The molecule has 10 heavy (non-hydrogen) atoms. The molecule has 60 valence electrons. The minimum absolute atomic E-state index is 0.178. The molecule has 2 nitrogen and oxygen atoms in total. The molecular formula is C7H13ClO2. The van der Waals surface area contributed by atoms with Crippen molar-refractivity contribution in [3.05, 3.63) is 0 Å². The van der Waals surface area contributed by atoms with Gasteiger partial charge in [-0.25, -0.2) is 0 Å². The number of carbonyl (C=O) groups excluding carboxylic acids is 1. The van der Waals surface area contributed by atoms with Crippen LogP contribution in [-0.4, -0.2) is 11.5 Å². The Hall–Kier alpha value is -0.240. The lowest BCUT2D eigenvalue weighted by atomic mass is 10.2. The molecule has 0 rings (SSSR count). The quantitative estimate of drug-likeness (QED) is 0.472. The van der Waals surface area contributed by atoms with Crippen LogP contribution in [0.15, 0.2) is 0 Å². The summed E-state index contributed by atoms with van der Waals surface area (Å²) in [6.07, 6.45) is 0.385. The van der Waals surface area contributed by atoms with Gasteiger partial charge in [-0.3, -0.25) is 4.79 Å². The lowest BCUT2D eigenvalue weighted by molar-refractivity contribution is -0.146. The zero-order chi connectivity index (χ0) is 8.15. The van der Waals surface area contributed by atoms with Crippen LogP contribution in [0.2, 0.25) is 0 Å². The summed E-state index contributed by atoms with van der Waals surface area (Å²) in [6, 6.07) is 0. The van der Waals surface area contributed by atoms with Gasteiger partial charge in [0, 0.05) is 12.3 Å². The standard InChI is InChI=1S/C7H13ClO2/c1-4-6(9)10-7(8)5(2)3/h5,7H,4H2,1-3H3. The SMILES string of the molecule is CCC(=O)OC(Cl)C(C)C. The number of alkyl halides is 1. The Kier molecular flexibility index (Phi) is 4.45. The second-order valence-corrected chi connectivity index (χ2v) is 2.87. The highest BCUT2D eigenvalue weighted by molar-refractivity contribution is 6.20. The van der Waals surface area contributed by atoms with Crippen LogP contribution < -0.4 is 0 Å². The van der Waals surface area contributed by atoms with Crippen LogP contribution in [-0.2, 0) is 9.53 Å². The average Bonchev–Trinajstić information content (AvgIpc) is 1.87. The average molecular weight is 165 g/mol. The number of halogens is 1. The number of hydrogen-bond acceptors (Lipinski definition) is 2. The van der Waals surface area contributed by atoms with Crippen molar-refractivity contribution < 1.29 is 9.53 Å². The van der Waals surface area contributed by atoms with Crippen LogP contribution in [0.3, 0.4) is 0 Å². The third-order valence-electron chi connectivity index (χ3n) is 1.06. The van der Waals surface area contributed by atoms with Crippen molar-refractivity contribution in [2.45, 2.75) is 32.8 Å². The summed E-state index contributed by atoms with van der Waals surface area (Å²) in [7, 11) is 0. The molecule has 0 fully saturated rings. The van der Waals surface area contributed by atoms with Gasteiger partial charge in [-0.1, -0.05) is 32.4 Å². The van der Waals surface area contributed by atoms with Crippen molar-refractivity contribution in [3.63, 3.8) is 0 Å². The zero-order valence-corrected chi connectivity index (χ0v) is 7.31. The molecule has 0 radical (unpaired) electrons. The van der Waals surface area contributed by atoms with Crippen LogP contribution in [0, 0.1) is 5.92 Å². The van der Waals surface area contributed by atoms with Crippen molar-refractivity contribution in [3.8, 4) is 0 Å². The van der Waals surface area contributed by atoms with E-state index in [1.807, 2.05) is 13.8 Å². The Morgan fingerprint density at radius 2 is 2.10 bits per heavy atom. The van der Waals surface area contributed by atoms with Gasteiger partial charge in [-0.05, 0) is 0 Å². The first-order valence-electron chi connectivity index (χ1n) is 3.41. The zero-order valence-electron chi connectivity index (χ0n) is 6.56. The molecule has 0 aliphatic heterocycles. The van der Waals surface area contributed by atoms with E-state index < -0.39 is 5.56 Å². The Balaban J connectivity index is 3.57. The first-order valence-corrected chi connectivity index (χ1v) is 3.85. The summed E-state index contributed by atoms with van der Waals surface area (Å²) >= 11 is 5.65. The number of rotatable bonds is 3. The number of esters is 1. The molecule has 0 N–H and O–H groups in total. The third kappa shape index (κ3) is 3.72. The molecular weight excluding hydrogens is 152 g/mol. The summed E-state index contributed by atoms with van der Waals surface area (Å²) in [5.74, 6) is -0.0640. The molecule has 1 unspecified atom stereocenters. The molecule has 0 aliphatic carbocycles. The Morgan fingerprint density at radius 1 is 1.60 bits per heavy atom. The molecule has 3 heteroatoms. The highest BCUT2D eigenvalue weighted by atomic mass is 35.5. The first kappa shape index (κ1) is 9.76. The molecule has 0 aromatic carbocycles. The maximum atomic E-state index is 10.6. The van der Waals surface area contributed by atoms with Crippen LogP contribution in [0.4, 0.5) is 0 Å². The molecule has 0 aromatic heterocycles. The van der Waals surface area contributed by atoms with E-state index in [1.54, 1.807) is 6.92 Å². The molecule has 1 atom stereocenters. The van der Waals surface area contributed by atoms with Gasteiger partial charge in [0.05, 0.1) is 0 Å². The molecule has 0 aliphatic rings. The van der Waals surface area contributed by atoms with Gasteiger partial charge < -0.3 is 4.74 Å². The van der Waals surface area contributed by atoms with Crippen molar-refractivity contribution in [1.82, 2.24) is 0 Å². The van der Waals surface area contributed by atoms with Crippen LogP contribution >= 0.6 is 11.6 Å². The maximum absolute atomic E-state index is 10.6. The monoisotopic (exact) mass is 164 g/mol.